The summed E-state index contributed by atoms with van der Waals surface area (Å²) in [6, 6.07) is 12.1. The van der Waals surface area contributed by atoms with Gasteiger partial charge in [0.15, 0.2) is 11.5 Å². The fourth-order valence-electron chi connectivity index (χ4n) is 4.28. The average molecular weight is 489 g/mol. The van der Waals surface area contributed by atoms with E-state index in [1.54, 1.807) is 49.6 Å². The van der Waals surface area contributed by atoms with Gasteiger partial charge in [0.25, 0.3) is 0 Å². The van der Waals surface area contributed by atoms with Crippen molar-refractivity contribution < 1.29 is 27.4 Å². The third kappa shape index (κ3) is 6.08. The topological polar surface area (TPSA) is 94.2 Å². The van der Waals surface area contributed by atoms with Crippen LogP contribution in [0.4, 0.5) is 5.69 Å². The number of hydrogen-bond acceptors (Lipinski definition) is 6. The molecule has 8 nitrogen and oxygen atoms in total. The van der Waals surface area contributed by atoms with Gasteiger partial charge in [0.05, 0.1) is 31.3 Å². The number of rotatable bonds is 9. The lowest BCUT2D eigenvalue weighted by atomic mass is 10.1. The molecule has 0 unspecified atom stereocenters. The lowest BCUT2D eigenvalue weighted by molar-refractivity contribution is -0.116. The van der Waals surface area contributed by atoms with E-state index in [4.69, 9.17) is 14.2 Å². The zero-order chi connectivity index (χ0) is 24.0. The molecule has 9 heteroatoms. The van der Waals surface area contributed by atoms with Crippen LogP contribution in [-0.2, 0) is 26.0 Å². The molecule has 1 N–H and O–H groups in total. The average Bonchev–Trinajstić information content (AvgIpc) is 3.37. The van der Waals surface area contributed by atoms with Crippen LogP contribution in [0.25, 0.3) is 0 Å². The molecular formula is C25H32N2O6S. The van der Waals surface area contributed by atoms with Crippen molar-refractivity contribution in [2.45, 2.75) is 49.5 Å². The van der Waals surface area contributed by atoms with E-state index in [-0.39, 0.29) is 23.3 Å². The molecule has 0 radical (unpaired) electrons. The van der Waals surface area contributed by atoms with Crippen LogP contribution in [0, 0.1) is 0 Å². The summed E-state index contributed by atoms with van der Waals surface area (Å²) in [7, 11) is -1.91. The number of sulfonamides is 1. The fraction of sp³-hybridized carbons (Fsp3) is 0.480. The van der Waals surface area contributed by atoms with Gasteiger partial charge in [-0.05, 0) is 61.9 Å². The molecule has 4 rings (SSSR count). The Balaban J connectivity index is 1.32. The molecule has 0 atom stereocenters. The molecule has 2 aromatic rings. The summed E-state index contributed by atoms with van der Waals surface area (Å²) in [4.78, 5) is 12.8. The van der Waals surface area contributed by atoms with E-state index < -0.39 is 10.0 Å². The fourth-order valence-corrected chi connectivity index (χ4v) is 5.69. The quantitative estimate of drug-likeness (QED) is 0.580. The summed E-state index contributed by atoms with van der Waals surface area (Å²) in [5.41, 5.74) is 1.56. The highest BCUT2D eigenvalue weighted by atomic mass is 32.2. The van der Waals surface area contributed by atoms with Crippen molar-refractivity contribution in [2.75, 3.05) is 38.7 Å². The molecule has 2 aromatic carbocycles. The molecule has 1 saturated heterocycles. The Hall–Kier alpha value is -2.62. The van der Waals surface area contributed by atoms with Gasteiger partial charge in [0.2, 0.25) is 15.9 Å². The number of benzene rings is 2. The van der Waals surface area contributed by atoms with Gasteiger partial charge in [-0.1, -0.05) is 12.1 Å². The van der Waals surface area contributed by atoms with Crippen LogP contribution in [0.5, 0.6) is 11.5 Å². The standard InChI is InChI=1S/C25H32N2O6S/c1-31-23-12-9-20(18-24(23)33-21-4-2-3-5-21)26-25(28)13-8-19-6-10-22(11-7-19)34(29,30)27-14-16-32-17-15-27/h6-7,9-12,18,21H,2-5,8,13-17H2,1H3,(H,26,28). The maximum absolute atomic E-state index is 12.7. The maximum Gasteiger partial charge on any atom is 0.243 e. The summed E-state index contributed by atoms with van der Waals surface area (Å²) < 4.78 is 43.7. The third-order valence-corrected chi connectivity index (χ3v) is 8.13. The van der Waals surface area contributed by atoms with Crippen molar-refractivity contribution in [3.63, 3.8) is 0 Å². The second-order valence-electron chi connectivity index (χ2n) is 8.60. The monoisotopic (exact) mass is 488 g/mol. The molecule has 0 spiro atoms. The Morgan fingerprint density at radius 1 is 1.06 bits per heavy atom. The van der Waals surface area contributed by atoms with Crippen LogP contribution in [0.3, 0.4) is 0 Å². The second kappa shape index (κ2) is 11.2. The highest BCUT2D eigenvalue weighted by Gasteiger charge is 2.26. The first-order valence-electron chi connectivity index (χ1n) is 11.8. The van der Waals surface area contributed by atoms with E-state index in [0.717, 1.165) is 18.4 Å². The zero-order valence-corrected chi connectivity index (χ0v) is 20.3. The lowest BCUT2D eigenvalue weighted by Crippen LogP contribution is -2.40. The number of carbonyl (C=O) groups excluding carboxylic acids is 1. The highest BCUT2D eigenvalue weighted by Crippen LogP contribution is 2.34. The first kappa shape index (κ1) is 24.5. The third-order valence-electron chi connectivity index (χ3n) is 6.22. The minimum absolute atomic E-state index is 0.123. The Morgan fingerprint density at radius 2 is 1.76 bits per heavy atom. The SMILES string of the molecule is COc1ccc(NC(=O)CCc2ccc(S(=O)(=O)N3CCOCC3)cc2)cc1OC1CCCC1. The number of morpholine rings is 1. The molecule has 0 aromatic heterocycles. The molecule has 2 aliphatic rings. The van der Waals surface area contributed by atoms with Gasteiger partial charge >= 0.3 is 0 Å². The lowest BCUT2D eigenvalue weighted by Gasteiger charge is -2.26. The second-order valence-corrected chi connectivity index (χ2v) is 10.5. The number of hydrogen-bond donors (Lipinski definition) is 1. The van der Waals surface area contributed by atoms with Gasteiger partial charge in [-0.25, -0.2) is 8.42 Å². The molecule has 34 heavy (non-hydrogen) atoms. The van der Waals surface area contributed by atoms with Crippen LogP contribution < -0.4 is 14.8 Å². The van der Waals surface area contributed by atoms with E-state index in [1.165, 1.54) is 17.1 Å². The molecule has 2 fully saturated rings. The van der Waals surface area contributed by atoms with Crippen molar-refractivity contribution in [1.29, 1.82) is 0 Å². The van der Waals surface area contributed by atoms with E-state index in [2.05, 4.69) is 5.32 Å². The predicted molar refractivity (Wildman–Crippen MR) is 129 cm³/mol. The number of carbonyl (C=O) groups is 1. The van der Waals surface area contributed by atoms with Crippen LogP contribution in [0.1, 0.15) is 37.7 Å². The van der Waals surface area contributed by atoms with Gasteiger partial charge in [0, 0.05) is 31.3 Å². The number of nitrogens with one attached hydrogen (secondary N) is 1. The van der Waals surface area contributed by atoms with Crippen LogP contribution in [0.2, 0.25) is 0 Å². The maximum atomic E-state index is 12.7. The summed E-state index contributed by atoms with van der Waals surface area (Å²) in [5.74, 6) is 1.17. The molecular weight excluding hydrogens is 456 g/mol. The van der Waals surface area contributed by atoms with Gasteiger partial charge in [-0.2, -0.15) is 4.31 Å². The number of amides is 1. The van der Waals surface area contributed by atoms with Gasteiger partial charge < -0.3 is 19.5 Å². The summed E-state index contributed by atoms with van der Waals surface area (Å²) in [6.45, 7) is 1.55. The zero-order valence-electron chi connectivity index (χ0n) is 19.5. The van der Waals surface area contributed by atoms with Crippen molar-refractivity contribution in [2.24, 2.45) is 0 Å². The molecule has 0 bridgehead atoms. The van der Waals surface area contributed by atoms with Crippen molar-refractivity contribution in [3.05, 3.63) is 48.0 Å². The van der Waals surface area contributed by atoms with Crippen LogP contribution in [-0.4, -0.2) is 58.1 Å². The Morgan fingerprint density at radius 3 is 2.44 bits per heavy atom. The molecule has 184 valence electrons. The van der Waals surface area contributed by atoms with Crippen LogP contribution in [0.15, 0.2) is 47.4 Å². The number of nitrogens with zero attached hydrogens (tertiary/aromatic N) is 1. The molecule has 1 aliphatic heterocycles. The Bertz CT molecular complexity index is 1080. The molecule has 1 amide bonds. The highest BCUT2D eigenvalue weighted by molar-refractivity contribution is 7.89. The van der Waals surface area contributed by atoms with E-state index in [9.17, 15) is 13.2 Å². The van der Waals surface area contributed by atoms with Crippen molar-refractivity contribution >= 4 is 21.6 Å². The largest absolute Gasteiger partial charge is 0.493 e. The minimum atomic E-state index is -3.52. The number of methoxy groups -OCH3 is 1. The van der Waals surface area contributed by atoms with Gasteiger partial charge in [-0.3, -0.25) is 4.79 Å². The summed E-state index contributed by atoms with van der Waals surface area (Å²) >= 11 is 0. The first-order valence-corrected chi connectivity index (χ1v) is 13.2. The van der Waals surface area contributed by atoms with E-state index >= 15 is 0 Å². The van der Waals surface area contributed by atoms with E-state index in [0.29, 0.717) is 49.9 Å². The molecule has 1 saturated carbocycles. The summed E-state index contributed by atoms with van der Waals surface area (Å²) in [5, 5.41) is 2.92. The summed E-state index contributed by atoms with van der Waals surface area (Å²) in [6.07, 6.45) is 5.38. The van der Waals surface area contributed by atoms with Gasteiger partial charge in [-0.15, -0.1) is 0 Å². The van der Waals surface area contributed by atoms with Crippen molar-refractivity contribution in [3.8, 4) is 11.5 Å². The normalized spacial score (nSPS) is 17.4. The molecule has 1 aliphatic carbocycles. The first-order chi connectivity index (χ1) is 16.5. The molecule has 1 heterocycles. The number of anilines is 1. The van der Waals surface area contributed by atoms with Gasteiger partial charge in [0.1, 0.15) is 0 Å². The number of ether oxygens (including phenoxy) is 3. The Kier molecular flexibility index (Phi) is 8.07. The minimum Gasteiger partial charge on any atom is -0.493 e. The number of aryl methyl sites for hydroxylation is 1. The van der Waals surface area contributed by atoms with Crippen LogP contribution >= 0.6 is 0 Å². The van der Waals surface area contributed by atoms with E-state index in [1.807, 2.05) is 0 Å². The Labute approximate surface area is 201 Å². The smallest absolute Gasteiger partial charge is 0.243 e. The predicted octanol–water partition coefficient (Wildman–Crippen LogP) is 3.61. The van der Waals surface area contributed by atoms with Crippen molar-refractivity contribution in [1.82, 2.24) is 4.31 Å².